The maximum Gasteiger partial charge on any atom is 0.0931 e. The summed E-state index contributed by atoms with van der Waals surface area (Å²) in [7, 11) is 1.74. The largest absolute Gasteiger partial charge is 0.385 e. The van der Waals surface area contributed by atoms with Gasteiger partial charge in [0, 0.05) is 25.1 Å². The average Bonchev–Trinajstić information content (AvgIpc) is 2.58. The maximum absolute atomic E-state index is 5.82. The van der Waals surface area contributed by atoms with E-state index in [1.165, 1.54) is 4.88 Å². The Morgan fingerprint density at radius 3 is 2.93 bits per heavy atom. The summed E-state index contributed by atoms with van der Waals surface area (Å²) in [4.78, 5) is 1.29. The smallest absolute Gasteiger partial charge is 0.0931 e. The van der Waals surface area contributed by atoms with Crippen LogP contribution in [-0.4, -0.2) is 20.3 Å². The highest BCUT2D eigenvalue weighted by molar-refractivity contribution is 7.16. The summed E-state index contributed by atoms with van der Waals surface area (Å²) in [5.41, 5.74) is 0. The molecule has 0 fully saturated rings. The van der Waals surface area contributed by atoms with Gasteiger partial charge in [-0.05, 0) is 31.5 Å². The van der Waals surface area contributed by atoms with E-state index in [-0.39, 0.29) is 0 Å². The lowest BCUT2D eigenvalue weighted by Crippen LogP contribution is -2.14. The van der Waals surface area contributed by atoms with E-state index in [4.69, 9.17) is 16.3 Å². The third-order valence-corrected chi connectivity index (χ3v) is 3.11. The van der Waals surface area contributed by atoms with Gasteiger partial charge in [0.1, 0.15) is 0 Å². The molecular weight excluding hydrogens is 218 g/mol. The lowest BCUT2D eigenvalue weighted by molar-refractivity contribution is 0.192. The van der Waals surface area contributed by atoms with Crippen molar-refractivity contribution < 1.29 is 4.74 Å². The zero-order valence-corrected chi connectivity index (χ0v) is 9.96. The Morgan fingerprint density at radius 2 is 2.29 bits per heavy atom. The Labute approximate surface area is 94.2 Å². The standard InChI is InChI=1S/C10H16ClNOS/c1-13-7-3-2-6-12-8-9-4-5-10(11)14-9/h4-5,12H,2-3,6-8H2,1H3. The number of rotatable bonds is 7. The first-order valence-corrected chi connectivity index (χ1v) is 5.96. The molecule has 0 aromatic carbocycles. The first-order valence-electron chi connectivity index (χ1n) is 4.77. The van der Waals surface area contributed by atoms with Crippen molar-refractivity contribution >= 4 is 22.9 Å². The van der Waals surface area contributed by atoms with Gasteiger partial charge < -0.3 is 10.1 Å². The summed E-state index contributed by atoms with van der Waals surface area (Å²) in [6.07, 6.45) is 2.28. The lowest BCUT2D eigenvalue weighted by atomic mass is 10.3. The van der Waals surface area contributed by atoms with Gasteiger partial charge in [-0.15, -0.1) is 11.3 Å². The number of methoxy groups -OCH3 is 1. The SMILES string of the molecule is COCCCCNCc1ccc(Cl)s1. The molecule has 0 aliphatic carbocycles. The number of thiophene rings is 1. The summed E-state index contributed by atoms with van der Waals surface area (Å²) in [5.74, 6) is 0. The van der Waals surface area contributed by atoms with E-state index >= 15 is 0 Å². The van der Waals surface area contributed by atoms with Crippen molar-refractivity contribution in [3.63, 3.8) is 0 Å². The summed E-state index contributed by atoms with van der Waals surface area (Å²) < 4.78 is 5.83. The van der Waals surface area contributed by atoms with E-state index in [1.54, 1.807) is 18.4 Å². The molecule has 0 amide bonds. The average molecular weight is 234 g/mol. The first kappa shape index (κ1) is 12.0. The van der Waals surface area contributed by atoms with Crippen LogP contribution in [0.4, 0.5) is 0 Å². The van der Waals surface area contributed by atoms with Crippen molar-refractivity contribution in [1.29, 1.82) is 0 Å². The van der Waals surface area contributed by atoms with Crippen molar-refractivity contribution in [1.82, 2.24) is 5.32 Å². The molecule has 1 rings (SSSR count). The molecule has 14 heavy (non-hydrogen) atoms. The van der Waals surface area contributed by atoms with Crippen molar-refractivity contribution in [3.05, 3.63) is 21.3 Å². The molecule has 0 bridgehead atoms. The number of nitrogens with one attached hydrogen (secondary N) is 1. The van der Waals surface area contributed by atoms with Gasteiger partial charge in [-0.2, -0.15) is 0 Å². The van der Waals surface area contributed by atoms with Crippen LogP contribution in [0.3, 0.4) is 0 Å². The minimum atomic E-state index is 0.854. The maximum atomic E-state index is 5.82. The van der Waals surface area contributed by atoms with E-state index < -0.39 is 0 Å². The molecule has 80 valence electrons. The molecule has 0 spiro atoms. The molecular formula is C10H16ClNOS. The van der Waals surface area contributed by atoms with E-state index in [9.17, 15) is 0 Å². The Bertz CT molecular complexity index is 252. The fourth-order valence-corrected chi connectivity index (χ4v) is 2.21. The van der Waals surface area contributed by atoms with Gasteiger partial charge in [-0.3, -0.25) is 0 Å². The van der Waals surface area contributed by atoms with Gasteiger partial charge in [0.15, 0.2) is 0 Å². The minimum absolute atomic E-state index is 0.854. The van der Waals surface area contributed by atoms with Crippen molar-refractivity contribution in [3.8, 4) is 0 Å². The summed E-state index contributed by atoms with van der Waals surface area (Å²) in [6, 6.07) is 4.00. The Hall–Kier alpha value is -0.0900. The van der Waals surface area contributed by atoms with Crippen LogP contribution in [0.15, 0.2) is 12.1 Å². The van der Waals surface area contributed by atoms with Gasteiger partial charge >= 0.3 is 0 Å². The molecule has 4 heteroatoms. The van der Waals surface area contributed by atoms with Crippen molar-refractivity contribution in [2.24, 2.45) is 0 Å². The topological polar surface area (TPSA) is 21.3 Å². The first-order chi connectivity index (χ1) is 6.83. The third-order valence-electron chi connectivity index (χ3n) is 1.88. The Morgan fingerprint density at radius 1 is 1.43 bits per heavy atom. The zero-order chi connectivity index (χ0) is 10.2. The van der Waals surface area contributed by atoms with Gasteiger partial charge in [0.25, 0.3) is 0 Å². The van der Waals surface area contributed by atoms with Crippen LogP contribution in [0.2, 0.25) is 4.34 Å². The van der Waals surface area contributed by atoms with Crippen LogP contribution in [-0.2, 0) is 11.3 Å². The molecule has 0 radical (unpaired) electrons. The highest BCUT2D eigenvalue weighted by Crippen LogP contribution is 2.20. The molecule has 0 aliphatic rings. The normalized spacial score (nSPS) is 10.7. The molecule has 0 aliphatic heterocycles. The number of unbranched alkanes of at least 4 members (excludes halogenated alkanes) is 1. The highest BCUT2D eigenvalue weighted by Gasteiger charge is 1.96. The van der Waals surface area contributed by atoms with E-state index in [2.05, 4.69) is 11.4 Å². The molecule has 1 N–H and O–H groups in total. The van der Waals surface area contributed by atoms with Gasteiger partial charge in [-0.25, -0.2) is 0 Å². The van der Waals surface area contributed by atoms with E-state index in [0.717, 1.165) is 36.9 Å². The van der Waals surface area contributed by atoms with Crippen LogP contribution in [0.1, 0.15) is 17.7 Å². The molecule has 0 saturated heterocycles. The Balaban J connectivity index is 1.99. The second kappa shape index (κ2) is 7.23. The summed E-state index contributed by atoms with van der Waals surface area (Å²) >= 11 is 7.45. The molecule has 0 saturated carbocycles. The zero-order valence-electron chi connectivity index (χ0n) is 8.38. The van der Waals surface area contributed by atoms with Crippen LogP contribution in [0.5, 0.6) is 0 Å². The van der Waals surface area contributed by atoms with E-state index in [0.29, 0.717) is 0 Å². The monoisotopic (exact) mass is 233 g/mol. The molecule has 2 nitrogen and oxygen atoms in total. The highest BCUT2D eigenvalue weighted by atomic mass is 35.5. The van der Waals surface area contributed by atoms with E-state index in [1.807, 2.05) is 6.07 Å². The number of hydrogen-bond acceptors (Lipinski definition) is 3. The molecule has 1 heterocycles. The predicted octanol–water partition coefficient (Wildman–Crippen LogP) is 2.92. The molecule has 1 aromatic heterocycles. The van der Waals surface area contributed by atoms with Gasteiger partial charge in [0.2, 0.25) is 0 Å². The third kappa shape index (κ3) is 4.96. The van der Waals surface area contributed by atoms with Gasteiger partial charge in [-0.1, -0.05) is 11.6 Å². The van der Waals surface area contributed by atoms with Crippen LogP contribution >= 0.6 is 22.9 Å². The Kier molecular flexibility index (Phi) is 6.19. The fraction of sp³-hybridized carbons (Fsp3) is 0.600. The number of ether oxygens (including phenoxy) is 1. The predicted molar refractivity (Wildman–Crippen MR) is 62.1 cm³/mol. The lowest BCUT2D eigenvalue weighted by Gasteiger charge is -2.02. The van der Waals surface area contributed by atoms with Crippen molar-refractivity contribution in [2.75, 3.05) is 20.3 Å². The summed E-state index contributed by atoms with van der Waals surface area (Å²) in [5, 5.41) is 3.37. The fourth-order valence-electron chi connectivity index (χ4n) is 1.15. The van der Waals surface area contributed by atoms with Crippen LogP contribution in [0.25, 0.3) is 0 Å². The summed E-state index contributed by atoms with van der Waals surface area (Å²) in [6.45, 7) is 2.82. The number of halogens is 1. The van der Waals surface area contributed by atoms with Crippen LogP contribution in [0, 0.1) is 0 Å². The second-order valence-electron chi connectivity index (χ2n) is 3.08. The van der Waals surface area contributed by atoms with Gasteiger partial charge in [0.05, 0.1) is 4.34 Å². The molecule has 0 atom stereocenters. The molecule has 1 aromatic rings. The minimum Gasteiger partial charge on any atom is -0.385 e. The molecule has 0 unspecified atom stereocenters. The van der Waals surface area contributed by atoms with Crippen LogP contribution < -0.4 is 5.32 Å². The number of hydrogen-bond donors (Lipinski definition) is 1. The second-order valence-corrected chi connectivity index (χ2v) is 4.88. The quantitative estimate of drug-likeness (QED) is 0.732. The van der Waals surface area contributed by atoms with Crippen molar-refractivity contribution in [2.45, 2.75) is 19.4 Å².